The van der Waals surface area contributed by atoms with Crippen LogP contribution in [0.1, 0.15) is 16.0 Å². The van der Waals surface area contributed by atoms with Crippen LogP contribution in [0.5, 0.6) is 0 Å². The first kappa shape index (κ1) is 14.6. The van der Waals surface area contributed by atoms with Gasteiger partial charge in [0.2, 0.25) is 0 Å². The van der Waals surface area contributed by atoms with Crippen LogP contribution >= 0.6 is 22.9 Å². The van der Waals surface area contributed by atoms with Gasteiger partial charge in [0.25, 0.3) is 0 Å². The van der Waals surface area contributed by atoms with E-state index >= 15 is 0 Å². The zero-order valence-corrected chi connectivity index (χ0v) is 11.4. The van der Waals surface area contributed by atoms with Crippen LogP contribution in [-0.4, -0.2) is 4.98 Å². The van der Waals surface area contributed by atoms with Crippen molar-refractivity contribution >= 4 is 28.1 Å². The molecule has 0 aliphatic rings. The van der Waals surface area contributed by atoms with E-state index < -0.39 is 11.7 Å². The SMILES string of the molecule is N#Cc1sc(NCc2cccc(C(F)(F)F)c2)nc1Cl. The lowest BCUT2D eigenvalue weighted by Gasteiger charge is -2.08. The summed E-state index contributed by atoms with van der Waals surface area (Å²) in [5.74, 6) is 0. The Balaban J connectivity index is 2.09. The van der Waals surface area contributed by atoms with E-state index in [0.717, 1.165) is 23.5 Å². The molecular formula is C12H7ClF3N3S. The summed E-state index contributed by atoms with van der Waals surface area (Å²) in [4.78, 5) is 4.16. The highest BCUT2D eigenvalue weighted by Crippen LogP contribution is 2.30. The molecule has 0 aliphatic heterocycles. The van der Waals surface area contributed by atoms with E-state index in [1.807, 2.05) is 6.07 Å². The van der Waals surface area contributed by atoms with Gasteiger partial charge < -0.3 is 5.32 Å². The molecule has 0 saturated heterocycles. The number of anilines is 1. The van der Waals surface area contributed by atoms with E-state index in [1.54, 1.807) is 6.07 Å². The molecule has 0 radical (unpaired) electrons. The van der Waals surface area contributed by atoms with Crippen LogP contribution in [0.15, 0.2) is 24.3 Å². The van der Waals surface area contributed by atoms with E-state index in [0.29, 0.717) is 10.7 Å². The van der Waals surface area contributed by atoms with Crippen LogP contribution in [0.25, 0.3) is 0 Å². The maximum absolute atomic E-state index is 12.5. The monoisotopic (exact) mass is 317 g/mol. The van der Waals surface area contributed by atoms with Crippen molar-refractivity contribution in [2.24, 2.45) is 0 Å². The zero-order valence-electron chi connectivity index (χ0n) is 9.83. The minimum atomic E-state index is -4.37. The highest BCUT2D eigenvalue weighted by atomic mass is 35.5. The molecule has 1 N–H and O–H groups in total. The van der Waals surface area contributed by atoms with Crippen molar-refractivity contribution < 1.29 is 13.2 Å². The van der Waals surface area contributed by atoms with Gasteiger partial charge in [-0.2, -0.15) is 18.4 Å². The first-order valence-corrected chi connectivity index (χ1v) is 6.56. The Hall–Kier alpha value is -1.78. The second-order valence-corrected chi connectivity index (χ2v) is 5.16. The number of halogens is 4. The summed E-state index contributed by atoms with van der Waals surface area (Å²) in [7, 11) is 0. The summed E-state index contributed by atoms with van der Waals surface area (Å²) in [6.45, 7) is 0.165. The zero-order chi connectivity index (χ0) is 14.8. The molecule has 0 saturated carbocycles. The molecule has 8 heteroatoms. The van der Waals surface area contributed by atoms with Gasteiger partial charge in [-0.15, -0.1) is 0 Å². The molecule has 0 bridgehead atoms. The fourth-order valence-corrected chi connectivity index (χ4v) is 2.42. The predicted octanol–water partition coefficient (Wildman–Crippen LogP) is 4.30. The first-order chi connectivity index (χ1) is 9.40. The largest absolute Gasteiger partial charge is 0.416 e. The third-order valence-electron chi connectivity index (χ3n) is 2.39. The van der Waals surface area contributed by atoms with Crippen LogP contribution in [0.3, 0.4) is 0 Å². The first-order valence-electron chi connectivity index (χ1n) is 5.36. The molecular weight excluding hydrogens is 311 g/mol. The van der Waals surface area contributed by atoms with E-state index in [9.17, 15) is 13.2 Å². The summed E-state index contributed by atoms with van der Waals surface area (Å²) in [6.07, 6.45) is -4.37. The molecule has 2 rings (SSSR count). The van der Waals surface area contributed by atoms with Gasteiger partial charge in [0, 0.05) is 6.54 Å². The predicted molar refractivity (Wildman–Crippen MR) is 70.6 cm³/mol. The summed E-state index contributed by atoms with van der Waals surface area (Å²) in [5, 5.41) is 12.0. The van der Waals surface area contributed by atoms with Gasteiger partial charge >= 0.3 is 6.18 Å². The molecule has 1 heterocycles. The topological polar surface area (TPSA) is 48.7 Å². The second-order valence-electron chi connectivity index (χ2n) is 3.80. The molecule has 2 aromatic rings. The Kier molecular flexibility index (Phi) is 4.16. The van der Waals surface area contributed by atoms with Crippen molar-refractivity contribution in [1.29, 1.82) is 5.26 Å². The summed E-state index contributed by atoms with van der Waals surface area (Å²) >= 11 is 6.75. The molecule has 3 nitrogen and oxygen atoms in total. The van der Waals surface area contributed by atoms with Gasteiger partial charge in [0.1, 0.15) is 10.9 Å². The molecule has 0 unspecified atom stereocenters. The Morgan fingerprint density at radius 3 is 2.75 bits per heavy atom. The number of hydrogen-bond donors (Lipinski definition) is 1. The normalized spacial score (nSPS) is 11.2. The number of thiazole rings is 1. The van der Waals surface area contributed by atoms with Gasteiger partial charge in [0.05, 0.1) is 5.56 Å². The smallest absolute Gasteiger partial charge is 0.357 e. The molecule has 20 heavy (non-hydrogen) atoms. The van der Waals surface area contributed by atoms with Crippen LogP contribution in [0, 0.1) is 11.3 Å². The lowest BCUT2D eigenvalue weighted by molar-refractivity contribution is -0.137. The Labute approximate surface area is 121 Å². The maximum atomic E-state index is 12.5. The lowest BCUT2D eigenvalue weighted by Crippen LogP contribution is -2.06. The van der Waals surface area contributed by atoms with Crippen molar-refractivity contribution in [3.63, 3.8) is 0 Å². The summed E-state index contributed by atoms with van der Waals surface area (Å²) < 4.78 is 37.6. The molecule has 1 aromatic heterocycles. The minimum Gasteiger partial charge on any atom is -0.357 e. The third kappa shape index (κ3) is 3.40. The van der Waals surface area contributed by atoms with Gasteiger partial charge in [-0.3, -0.25) is 0 Å². The van der Waals surface area contributed by atoms with Crippen molar-refractivity contribution in [2.45, 2.75) is 12.7 Å². The van der Waals surface area contributed by atoms with E-state index in [-0.39, 0.29) is 16.6 Å². The molecule has 104 valence electrons. The molecule has 1 aromatic carbocycles. The Morgan fingerprint density at radius 2 is 2.15 bits per heavy atom. The Morgan fingerprint density at radius 1 is 1.40 bits per heavy atom. The summed E-state index contributed by atoms with van der Waals surface area (Å²) in [5.41, 5.74) is -0.239. The van der Waals surface area contributed by atoms with E-state index in [4.69, 9.17) is 16.9 Å². The minimum absolute atomic E-state index is 0.0871. The maximum Gasteiger partial charge on any atom is 0.416 e. The number of rotatable bonds is 3. The number of nitrogens with one attached hydrogen (secondary N) is 1. The Bertz CT molecular complexity index is 661. The average Bonchev–Trinajstić information content (AvgIpc) is 2.76. The van der Waals surface area contributed by atoms with Gasteiger partial charge in [0.15, 0.2) is 10.3 Å². The number of nitriles is 1. The fraction of sp³-hybridized carbons (Fsp3) is 0.167. The molecule has 0 aliphatic carbocycles. The summed E-state index contributed by atoms with van der Waals surface area (Å²) in [6, 6.07) is 6.87. The van der Waals surface area contributed by atoms with Crippen molar-refractivity contribution in [2.75, 3.05) is 5.32 Å². The number of nitrogens with zero attached hydrogens (tertiary/aromatic N) is 2. The number of benzene rings is 1. The van der Waals surface area contributed by atoms with Crippen molar-refractivity contribution in [3.05, 3.63) is 45.4 Å². The third-order valence-corrected chi connectivity index (χ3v) is 3.69. The molecule has 0 fully saturated rings. The second kappa shape index (κ2) is 5.69. The van der Waals surface area contributed by atoms with Crippen LogP contribution in [-0.2, 0) is 12.7 Å². The van der Waals surface area contributed by atoms with Gasteiger partial charge in [-0.05, 0) is 17.7 Å². The number of hydrogen-bond acceptors (Lipinski definition) is 4. The highest BCUT2D eigenvalue weighted by Gasteiger charge is 2.30. The van der Waals surface area contributed by atoms with Crippen LogP contribution in [0.2, 0.25) is 5.15 Å². The van der Waals surface area contributed by atoms with E-state index in [2.05, 4.69) is 10.3 Å². The fourth-order valence-electron chi connectivity index (χ4n) is 1.48. The molecule has 0 spiro atoms. The van der Waals surface area contributed by atoms with Gasteiger partial charge in [-0.1, -0.05) is 35.1 Å². The van der Waals surface area contributed by atoms with E-state index in [1.165, 1.54) is 6.07 Å². The highest BCUT2D eigenvalue weighted by molar-refractivity contribution is 7.16. The average molecular weight is 318 g/mol. The standard InChI is InChI=1S/C12H7ClF3N3S/c13-10-9(5-17)20-11(19-10)18-6-7-2-1-3-8(4-7)12(14,15)16/h1-4H,6H2,(H,18,19). The quantitative estimate of drug-likeness (QED) is 0.918. The molecule has 0 amide bonds. The number of aromatic nitrogens is 1. The lowest BCUT2D eigenvalue weighted by atomic mass is 10.1. The molecule has 0 atom stereocenters. The van der Waals surface area contributed by atoms with Crippen LogP contribution < -0.4 is 5.32 Å². The van der Waals surface area contributed by atoms with Crippen molar-refractivity contribution in [1.82, 2.24) is 4.98 Å². The van der Waals surface area contributed by atoms with Crippen molar-refractivity contribution in [3.8, 4) is 6.07 Å². The number of alkyl halides is 3. The van der Waals surface area contributed by atoms with Gasteiger partial charge in [-0.25, -0.2) is 4.98 Å². The van der Waals surface area contributed by atoms with Crippen LogP contribution in [0.4, 0.5) is 18.3 Å².